The van der Waals surface area contributed by atoms with E-state index >= 15 is 0 Å². The van der Waals surface area contributed by atoms with Crippen molar-refractivity contribution in [1.29, 1.82) is 0 Å². The Kier molecular flexibility index (Phi) is 4.67. The van der Waals surface area contributed by atoms with Crippen LogP contribution in [-0.2, 0) is 11.3 Å². The van der Waals surface area contributed by atoms with Crippen LogP contribution < -0.4 is 5.73 Å². The SMILES string of the molecule is Nc1ncc(-c2ccc(CN3CCOCC3)cc2)cc1-c1nc2cnccc2o1. The fraction of sp³-hybridized carbons (Fsp3) is 0.227. The predicted molar refractivity (Wildman–Crippen MR) is 111 cm³/mol. The molecule has 0 bridgehead atoms. The van der Waals surface area contributed by atoms with Crippen LogP contribution in [0, 0.1) is 0 Å². The molecule has 29 heavy (non-hydrogen) atoms. The highest BCUT2D eigenvalue weighted by molar-refractivity contribution is 5.80. The van der Waals surface area contributed by atoms with Crippen molar-refractivity contribution in [2.24, 2.45) is 0 Å². The van der Waals surface area contributed by atoms with Gasteiger partial charge in [0.25, 0.3) is 0 Å². The Hall–Kier alpha value is -3.29. The fourth-order valence-corrected chi connectivity index (χ4v) is 3.52. The Morgan fingerprint density at radius 2 is 1.83 bits per heavy atom. The lowest BCUT2D eigenvalue weighted by Gasteiger charge is -2.26. The van der Waals surface area contributed by atoms with Crippen LogP contribution in [0.15, 0.2) is 59.4 Å². The number of hydrogen-bond donors (Lipinski definition) is 1. The van der Waals surface area contributed by atoms with Gasteiger partial charge in [-0.2, -0.15) is 0 Å². The molecule has 0 unspecified atom stereocenters. The number of rotatable bonds is 4. The normalized spacial score (nSPS) is 15.0. The van der Waals surface area contributed by atoms with Crippen LogP contribution in [0.1, 0.15) is 5.56 Å². The summed E-state index contributed by atoms with van der Waals surface area (Å²) in [6, 6.07) is 12.3. The molecular formula is C22H21N5O2. The highest BCUT2D eigenvalue weighted by Gasteiger charge is 2.14. The van der Waals surface area contributed by atoms with E-state index in [4.69, 9.17) is 14.9 Å². The van der Waals surface area contributed by atoms with Crippen molar-refractivity contribution in [3.63, 3.8) is 0 Å². The maximum Gasteiger partial charge on any atom is 0.231 e. The molecule has 0 amide bonds. The van der Waals surface area contributed by atoms with Gasteiger partial charge < -0.3 is 14.9 Å². The summed E-state index contributed by atoms with van der Waals surface area (Å²) in [7, 11) is 0. The van der Waals surface area contributed by atoms with Gasteiger partial charge in [-0.15, -0.1) is 0 Å². The first-order valence-corrected chi connectivity index (χ1v) is 9.62. The van der Waals surface area contributed by atoms with Crippen molar-refractivity contribution in [1.82, 2.24) is 19.9 Å². The van der Waals surface area contributed by atoms with Crippen LogP contribution in [0.2, 0.25) is 0 Å². The third-order valence-electron chi connectivity index (χ3n) is 5.14. The average molecular weight is 387 g/mol. The molecule has 146 valence electrons. The summed E-state index contributed by atoms with van der Waals surface area (Å²) in [6.45, 7) is 4.51. The molecule has 0 radical (unpaired) electrons. The van der Waals surface area contributed by atoms with Gasteiger partial charge in [-0.1, -0.05) is 24.3 Å². The van der Waals surface area contributed by atoms with Crippen molar-refractivity contribution < 1.29 is 9.15 Å². The number of aromatic nitrogens is 3. The molecule has 1 fully saturated rings. The third-order valence-corrected chi connectivity index (χ3v) is 5.14. The first kappa shape index (κ1) is 17.8. The summed E-state index contributed by atoms with van der Waals surface area (Å²) in [5.41, 5.74) is 11.5. The lowest BCUT2D eigenvalue weighted by atomic mass is 10.0. The van der Waals surface area contributed by atoms with Crippen molar-refractivity contribution in [2.45, 2.75) is 6.54 Å². The molecule has 1 saturated heterocycles. The van der Waals surface area contributed by atoms with Crippen LogP contribution in [0.25, 0.3) is 33.7 Å². The zero-order valence-electron chi connectivity index (χ0n) is 15.9. The zero-order chi connectivity index (χ0) is 19.6. The quantitative estimate of drug-likeness (QED) is 0.574. The minimum atomic E-state index is 0.386. The van der Waals surface area contributed by atoms with Gasteiger partial charge in [0, 0.05) is 43.7 Å². The number of benzene rings is 1. The van der Waals surface area contributed by atoms with E-state index in [1.54, 1.807) is 24.7 Å². The summed E-state index contributed by atoms with van der Waals surface area (Å²) in [5.74, 6) is 0.834. The van der Waals surface area contributed by atoms with E-state index in [1.165, 1.54) is 5.56 Å². The van der Waals surface area contributed by atoms with Gasteiger partial charge >= 0.3 is 0 Å². The monoisotopic (exact) mass is 387 g/mol. The maximum atomic E-state index is 6.11. The van der Waals surface area contributed by atoms with E-state index in [0.29, 0.717) is 28.4 Å². The molecule has 7 nitrogen and oxygen atoms in total. The number of oxazole rings is 1. The molecule has 0 saturated carbocycles. The molecule has 0 spiro atoms. The lowest BCUT2D eigenvalue weighted by Crippen LogP contribution is -2.35. The first-order valence-electron chi connectivity index (χ1n) is 9.62. The van der Waals surface area contributed by atoms with Gasteiger partial charge in [0.15, 0.2) is 5.58 Å². The van der Waals surface area contributed by atoms with E-state index in [0.717, 1.165) is 44.0 Å². The molecule has 3 aromatic heterocycles. The minimum Gasteiger partial charge on any atom is -0.436 e. The van der Waals surface area contributed by atoms with Gasteiger partial charge in [0.2, 0.25) is 5.89 Å². The number of hydrogen-bond acceptors (Lipinski definition) is 7. The summed E-state index contributed by atoms with van der Waals surface area (Å²) in [4.78, 5) is 15.3. The Morgan fingerprint density at radius 1 is 1.00 bits per heavy atom. The number of pyridine rings is 2. The summed E-state index contributed by atoms with van der Waals surface area (Å²) in [5, 5.41) is 0. The number of fused-ring (bicyclic) bond motifs is 1. The van der Waals surface area contributed by atoms with Crippen LogP contribution >= 0.6 is 0 Å². The standard InChI is InChI=1S/C22H21N5O2/c23-21-18(22-26-19-13-24-6-5-20(19)29-22)11-17(12-25-21)16-3-1-15(2-4-16)14-27-7-9-28-10-8-27/h1-6,11-13H,7-10,14H2,(H2,23,25). The average Bonchev–Trinajstić information content (AvgIpc) is 3.19. The predicted octanol–water partition coefficient (Wildman–Crippen LogP) is 3.37. The lowest BCUT2D eigenvalue weighted by molar-refractivity contribution is 0.0342. The summed E-state index contributed by atoms with van der Waals surface area (Å²) < 4.78 is 11.3. The second kappa shape index (κ2) is 7.62. The van der Waals surface area contributed by atoms with Crippen molar-refractivity contribution in [3.8, 4) is 22.6 Å². The van der Waals surface area contributed by atoms with Gasteiger partial charge in [-0.05, 0) is 17.2 Å². The second-order valence-corrected chi connectivity index (χ2v) is 7.10. The molecule has 4 heterocycles. The fourth-order valence-electron chi connectivity index (χ4n) is 3.52. The number of nitrogen functional groups attached to an aromatic ring is 1. The Bertz CT molecular complexity index is 1100. The molecular weight excluding hydrogens is 366 g/mol. The van der Waals surface area contributed by atoms with E-state index in [-0.39, 0.29) is 0 Å². The molecule has 1 aliphatic heterocycles. The zero-order valence-corrected chi connectivity index (χ0v) is 15.9. The highest BCUT2D eigenvalue weighted by Crippen LogP contribution is 2.31. The Labute approximate surface area is 168 Å². The van der Waals surface area contributed by atoms with Crippen LogP contribution in [0.5, 0.6) is 0 Å². The molecule has 1 aromatic carbocycles. The van der Waals surface area contributed by atoms with E-state index in [1.807, 2.05) is 6.07 Å². The van der Waals surface area contributed by atoms with E-state index in [9.17, 15) is 0 Å². The largest absolute Gasteiger partial charge is 0.436 e. The number of ether oxygens (including phenoxy) is 1. The molecule has 4 aromatic rings. The number of morpholine rings is 1. The highest BCUT2D eigenvalue weighted by atomic mass is 16.5. The van der Waals surface area contributed by atoms with Gasteiger partial charge in [-0.3, -0.25) is 9.88 Å². The maximum absolute atomic E-state index is 6.11. The number of anilines is 1. The van der Waals surface area contributed by atoms with E-state index in [2.05, 4.69) is 44.1 Å². The Morgan fingerprint density at radius 3 is 2.62 bits per heavy atom. The molecule has 2 N–H and O–H groups in total. The van der Waals surface area contributed by atoms with Crippen molar-refractivity contribution in [3.05, 3.63) is 60.6 Å². The molecule has 1 aliphatic rings. The van der Waals surface area contributed by atoms with Crippen LogP contribution in [0.3, 0.4) is 0 Å². The van der Waals surface area contributed by atoms with Gasteiger partial charge in [-0.25, -0.2) is 9.97 Å². The second-order valence-electron chi connectivity index (χ2n) is 7.10. The third kappa shape index (κ3) is 3.70. The molecule has 5 rings (SSSR count). The van der Waals surface area contributed by atoms with Crippen molar-refractivity contribution in [2.75, 3.05) is 32.0 Å². The van der Waals surface area contributed by atoms with Crippen molar-refractivity contribution >= 4 is 16.9 Å². The smallest absolute Gasteiger partial charge is 0.231 e. The number of nitrogens with zero attached hydrogens (tertiary/aromatic N) is 4. The number of nitrogens with two attached hydrogens (primary N) is 1. The molecule has 0 aliphatic carbocycles. The van der Waals surface area contributed by atoms with E-state index < -0.39 is 0 Å². The van der Waals surface area contributed by atoms with Crippen LogP contribution in [0.4, 0.5) is 5.82 Å². The summed E-state index contributed by atoms with van der Waals surface area (Å²) in [6.07, 6.45) is 5.12. The minimum absolute atomic E-state index is 0.386. The molecule has 7 heteroatoms. The topological polar surface area (TPSA) is 90.3 Å². The first-order chi connectivity index (χ1) is 14.3. The van der Waals surface area contributed by atoms with Gasteiger partial charge in [0.05, 0.1) is 25.0 Å². The summed E-state index contributed by atoms with van der Waals surface area (Å²) >= 11 is 0. The molecule has 0 atom stereocenters. The van der Waals surface area contributed by atoms with Crippen LogP contribution in [-0.4, -0.2) is 46.2 Å². The van der Waals surface area contributed by atoms with Gasteiger partial charge in [0.1, 0.15) is 11.3 Å². The Balaban J connectivity index is 1.41.